The average molecular weight is 252 g/mol. The van der Waals surface area contributed by atoms with Crippen LogP contribution in [0.25, 0.3) is 10.9 Å². The maximum absolute atomic E-state index is 10.8. The molecule has 2 aromatic rings. The van der Waals surface area contributed by atoms with Crippen LogP contribution in [0.3, 0.4) is 0 Å². The number of hydrogen-bond donors (Lipinski definition) is 1. The summed E-state index contributed by atoms with van der Waals surface area (Å²) in [5.41, 5.74) is 0.806. The number of fused-ring (bicyclic) bond motifs is 1. The topological polar surface area (TPSA) is 82.3 Å². The zero-order chi connectivity index (χ0) is 12.3. The molecule has 0 saturated carbocycles. The van der Waals surface area contributed by atoms with E-state index in [0.717, 1.165) is 10.9 Å². The highest BCUT2D eigenvalue weighted by Crippen LogP contribution is 2.23. The lowest BCUT2D eigenvalue weighted by molar-refractivity contribution is 0.345. The van der Waals surface area contributed by atoms with Crippen molar-refractivity contribution >= 4 is 20.9 Å². The molecule has 5 nitrogen and oxygen atoms in total. The van der Waals surface area contributed by atoms with E-state index in [-0.39, 0.29) is 12.4 Å². The van der Waals surface area contributed by atoms with Gasteiger partial charge in [-0.1, -0.05) is 6.07 Å². The fraction of sp³-hybridized carbons (Fsp3) is 0.182. The smallest absolute Gasteiger partial charge is 0.212 e. The van der Waals surface area contributed by atoms with Crippen LogP contribution in [0, 0.1) is 0 Å². The Hall–Kier alpha value is -1.66. The Morgan fingerprint density at radius 2 is 2.06 bits per heavy atom. The van der Waals surface area contributed by atoms with Crippen LogP contribution < -0.4 is 9.88 Å². The lowest BCUT2D eigenvalue weighted by Crippen LogP contribution is -2.21. The first-order chi connectivity index (χ1) is 8.06. The van der Waals surface area contributed by atoms with Gasteiger partial charge in [-0.15, -0.1) is 0 Å². The summed E-state index contributed by atoms with van der Waals surface area (Å²) < 4.78 is 26.9. The van der Waals surface area contributed by atoms with Gasteiger partial charge in [0.1, 0.15) is 12.4 Å². The maximum atomic E-state index is 10.8. The predicted octanol–water partition coefficient (Wildman–Crippen LogP) is 0.902. The van der Waals surface area contributed by atoms with Crippen LogP contribution in [-0.4, -0.2) is 25.8 Å². The summed E-state index contributed by atoms with van der Waals surface area (Å²) in [6, 6.07) is 9.11. The molecule has 0 bridgehead atoms. The van der Waals surface area contributed by atoms with Crippen LogP contribution in [0.4, 0.5) is 0 Å². The van der Waals surface area contributed by atoms with Crippen molar-refractivity contribution in [2.24, 2.45) is 5.14 Å². The zero-order valence-electron chi connectivity index (χ0n) is 9.04. The fourth-order valence-electron chi connectivity index (χ4n) is 1.47. The molecule has 1 aromatic carbocycles. The van der Waals surface area contributed by atoms with E-state index < -0.39 is 10.0 Å². The molecule has 2 rings (SSSR count). The van der Waals surface area contributed by atoms with E-state index in [1.807, 2.05) is 18.2 Å². The van der Waals surface area contributed by atoms with Gasteiger partial charge in [-0.25, -0.2) is 13.6 Å². The molecule has 0 spiro atoms. The Balaban J connectivity index is 2.19. The second kappa shape index (κ2) is 4.68. The third-order valence-corrected chi connectivity index (χ3v) is 2.97. The highest BCUT2D eigenvalue weighted by Gasteiger charge is 2.05. The lowest BCUT2D eigenvalue weighted by atomic mass is 10.2. The maximum Gasteiger partial charge on any atom is 0.212 e. The quantitative estimate of drug-likeness (QED) is 0.876. The molecule has 0 atom stereocenters. The summed E-state index contributed by atoms with van der Waals surface area (Å²) in [6.45, 7) is 0.0346. The number of primary sulfonamides is 1. The van der Waals surface area contributed by atoms with E-state index in [9.17, 15) is 8.42 Å². The van der Waals surface area contributed by atoms with E-state index in [4.69, 9.17) is 9.88 Å². The van der Waals surface area contributed by atoms with Gasteiger partial charge in [0.15, 0.2) is 0 Å². The van der Waals surface area contributed by atoms with E-state index >= 15 is 0 Å². The molecule has 0 fully saturated rings. The Morgan fingerprint density at radius 3 is 2.82 bits per heavy atom. The standard InChI is InChI=1S/C11H12N2O3S/c12-17(14,15)8-7-16-11-5-1-4-10-9(11)3-2-6-13-10/h1-6H,7-8H2,(H2,12,14,15). The molecule has 0 radical (unpaired) electrons. The van der Waals surface area contributed by atoms with Gasteiger partial charge in [0.05, 0.1) is 11.3 Å². The largest absolute Gasteiger partial charge is 0.492 e. The number of nitrogens with zero attached hydrogens (tertiary/aromatic N) is 1. The van der Waals surface area contributed by atoms with Crippen molar-refractivity contribution in [3.8, 4) is 5.75 Å². The summed E-state index contributed by atoms with van der Waals surface area (Å²) in [5.74, 6) is 0.406. The summed E-state index contributed by atoms with van der Waals surface area (Å²) in [4.78, 5) is 4.18. The van der Waals surface area contributed by atoms with E-state index in [0.29, 0.717) is 5.75 Å². The van der Waals surface area contributed by atoms with E-state index in [1.54, 1.807) is 18.3 Å². The van der Waals surface area contributed by atoms with Crippen molar-refractivity contribution in [3.63, 3.8) is 0 Å². The molecular formula is C11H12N2O3S. The Bertz CT molecular complexity index is 620. The number of nitrogens with two attached hydrogens (primary N) is 1. The molecule has 1 aromatic heterocycles. The summed E-state index contributed by atoms with van der Waals surface area (Å²) >= 11 is 0. The number of sulfonamides is 1. The van der Waals surface area contributed by atoms with Gasteiger partial charge in [0, 0.05) is 11.6 Å². The molecule has 0 aliphatic heterocycles. The van der Waals surface area contributed by atoms with Crippen molar-refractivity contribution in [2.75, 3.05) is 12.4 Å². The Kier molecular flexibility index (Phi) is 3.26. The minimum atomic E-state index is -3.49. The number of hydrogen-bond acceptors (Lipinski definition) is 4. The predicted molar refractivity (Wildman–Crippen MR) is 65.2 cm³/mol. The first-order valence-electron chi connectivity index (χ1n) is 5.03. The monoisotopic (exact) mass is 252 g/mol. The third-order valence-electron chi connectivity index (χ3n) is 2.23. The van der Waals surface area contributed by atoms with Crippen LogP contribution in [-0.2, 0) is 10.0 Å². The second-order valence-corrected chi connectivity index (χ2v) is 5.28. The third kappa shape index (κ3) is 3.15. The van der Waals surface area contributed by atoms with E-state index in [2.05, 4.69) is 4.98 Å². The van der Waals surface area contributed by atoms with Gasteiger partial charge in [-0.2, -0.15) is 0 Å². The molecular weight excluding hydrogens is 240 g/mol. The second-order valence-electron chi connectivity index (χ2n) is 3.54. The zero-order valence-corrected chi connectivity index (χ0v) is 9.85. The van der Waals surface area contributed by atoms with Crippen molar-refractivity contribution in [2.45, 2.75) is 0 Å². The van der Waals surface area contributed by atoms with Gasteiger partial charge in [0.25, 0.3) is 0 Å². The van der Waals surface area contributed by atoms with Crippen molar-refractivity contribution in [1.82, 2.24) is 4.98 Å². The summed E-state index contributed by atoms with van der Waals surface area (Å²) in [7, 11) is -3.49. The van der Waals surface area contributed by atoms with Crippen LogP contribution in [0.2, 0.25) is 0 Å². The van der Waals surface area contributed by atoms with Crippen LogP contribution in [0.1, 0.15) is 0 Å². The summed E-state index contributed by atoms with van der Waals surface area (Å²) in [5, 5.41) is 5.74. The van der Waals surface area contributed by atoms with Gasteiger partial charge in [0.2, 0.25) is 10.0 Å². The number of ether oxygens (including phenoxy) is 1. The average Bonchev–Trinajstić information content (AvgIpc) is 2.28. The number of aromatic nitrogens is 1. The minimum absolute atomic E-state index is 0.0346. The van der Waals surface area contributed by atoms with Crippen LogP contribution in [0.5, 0.6) is 5.75 Å². The first-order valence-corrected chi connectivity index (χ1v) is 6.75. The molecule has 0 saturated heterocycles. The normalized spacial score (nSPS) is 11.6. The number of benzene rings is 1. The highest BCUT2D eigenvalue weighted by atomic mass is 32.2. The molecule has 2 N–H and O–H groups in total. The van der Waals surface area contributed by atoms with Crippen LogP contribution >= 0.6 is 0 Å². The minimum Gasteiger partial charge on any atom is -0.492 e. The fourth-order valence-corrected chi connectivity index (χ4v) is 1.78. The van der Waals surface area contributed by atoms with Crippen molar-refractivity contribution < 1.29 is 13.2 Å². The molecule has 0 amide bonds. The summed E-state index contributed by atoms with van der Waals surface area (Å²) in [6.07, 6.45) is 1.69. The molecule has 0 aliphatic carbocycles. The Morgan fingerprint density at radius 1 is 1.24 bits per heavy atom. The van der Waals surface area contributed by atoms with Crippen molar-refractivity contribution in [1.29, 1.82) is 0 Å². The van der Waals surface area contributed by atoms with Gasteiger partial charge in [-0.3, -0.25) is 4.98 Å². The molecule has 0 aliphatic rings. The number of pyridine rings is 1. The SMILES string of the molecule is NS(=O)(=O)CCOc1cccc2ncccc12. The van der Waals surface area contributed by atoms with Crippen LogP contribution in [0.15, 0.2) is 36.5 Å². The van der Waals surface area contributed by atoms with Crippen molar-refractivity contribution in [3.05, 3.63) is 36.5 Å². The lowest BCUT2D eigenvalue weighted by Gasteiger charge is -2.07. The van der Waals surface area contributed by atoms with Gasteiger partial charge < -0.3 is 4.74 Å². The van der Waals surface area contributed by atoms with Gasteiger partial charge in [-0.05, 0) is 24.3 Å². The molecule has 6 heteroatoms. The molecule has 90 valence electrons. The molecule has 17 heavy (non-hydrogen) atoms. The highest BCUT2D eigenvalue weighted by molar-refractivity contribution is 7.89. The first kappa shape index (κ1) is 11.8. The number of rotatable bonds is 4. The van der Waals surface area contributed by atoms with Gasteiger partial charge >= 0.3 is 0 Å². The molecule has 0 unspecified atom stereocenters. The Labute approximate surface area is 99.3 Å². The van der Waals surface area contributed by atoms with E-state index in [1.165, 1.54) is 0 Å². The molecule has 1 heterocycles.